The minimum atomic E-state index is 0.520. The normalized spacial score (nSPS) is 9.67. The van der Waals surface area contributed by atoms with Gasteiger partial charge in [-0.15, -0.1) is 12.3 Å². The largest absolute Gasteiger partial charge is 0.370 e. The summed E-state index contributed by atoms with van der Waals surface area (Å²) in [5.74, 6) is 3.41. The number of nitrogens with zero attached hydrogens (tertiary/aromatic N) is 2. The lowest BCUT2D eigenvalue weighted by atomic mass is 10.2. The molecule has 1 N–H and O–H groups in total. The predicted octanol–water partition coefficient (Wildman–Crippen LogP) is 2.52. The maximum atomic E-state index is 5.95. The Bertz CT molecular complexity index is 357. The van der Waals surface area contributed by atoms with Gasteiger partial charge in [-0.3, -0.25) is 0 Å². The molecule has 0 fully saturated rings. The van der Waals surface area contributed by atoms with E-state index < -0.39 is 0 Å². The highest BCUT2D eigenvalue weighted by atomic mass is 35.5. The third-order valence-corrected chi connectivity index (χ3v) is 2.36. The number of halogens is 1. The number of aromatic nitrogens is 2. The quantitative estimate of drug-likeness (QED) is 0.474. The van der Waals surface area contributed by atoms with Crippen molar-refractivity contribution in [3.63, 3.8) is 0 Å². The number of rotatable bonds is 5. The Hall–Kier alpha value is -1.27. The zero-order chi connectivity index (χ0) is 11.1. The third-order valence-electron chi connectivity index (χ3n) is 2.04. The smallest absolute Gasteiger partial charge is 0.137 e. The van der Waals surface area contributed by atoms with Crippen LogP contribution in [-0.2, 0) is 6.42 Å². The molecule has 0 radical (unpaired) electrons. The molecule has 0 saturated carbocycles. The van der Waals surface area contributed by atoms with E-state index in [1.54, 1.807) is 0 Å². The summed E-state index contributed by atoms with van der Waals surface area (Å²) in [6.07, 6.45) is 9.15. The highest BCUT2D eigenvalue weighted by Gasteiger charge is 2.06. The van der Waals surface area contributed by atoms with Crippen LogP contribution in [0.1, 0.15) is 25.3 Å². The summed E-state index contributed by atoms with van der Waals surface area (Å²) in [6, 6.07) is 0. The zero-order valence-electron chi connectivity index (χ0n) is 8.76. The SMILES string of the molecule is C#CCCCNc1ncnc(Cl)c1CC. The molecule has 0 spiro atoms. The number of anilines is 1. The van der Waals surface area contributed by atoms with Crippen molar-refractivity contribution >= 4 is 17.4 Å². The van der Waals surface area contributed by atoms with E-state index in [1.807, 2.05) is 6.92 Å². The summed E-state index contributed by atoms with van der Waals surface area (Å²) in [6.45, 7) is 2.84. The fraction of sp³-hybridized carbons (Fsp3) is 0.455. The molecule has 15 heavy (non-hydrogen) atoms. The van der Waals surface area contributed by atoms with E-state index in [0.29, 0.717) is 5.15 Å². The van der Waals surface area contributed by atoms with Crippen molar-refractivity contribution < 1.29 is 0 Å². The summed E-state index contributed by atoms with van der Waals surface area (Å²) < 4.78 is 0. The summed E-state index contributed by atoms with van der Waals surface area (Å²) in [5, 5.41) is 3.73. The zero-order valence-corrected chi connectivity index (χ0v) is 9.51. The van der Waals surface area contributed by atoms with Crippen molar-refractivity contribution in [2.45, 2.75) is 26.2 Å². The molecule has 3 nitrogen and oxygen atoms in total. The Balaban J connectivity index is 2.60. The summed E-state index contributed by atoms with van der Waals surface area (Å²) in [4.78, 5) is 8.09. The van der Waals surface area contributed by atoms with E-state index in [1.165, 1.54) is 6.33 Å². The van der Waals surface area contributed by atoms with Crippen molar-refractivity contribution in [1.82, 2.24) is 9.97 Å². The van der Waals surface area contributed by atoms with Crippen molar-refractivity contribution in [3.8, 4) is 12.3 Å². The minimum absolute atomic E-state index is 0.520. The van der Waals surface area contributed by atoms with Crippen LogP contribution in [0.4, 0.5) is 5.82 Å². The molecule has 0 atom stereocenters. The second kappa shape index (κ2) is 6.26. The molecule has 1 rings (SSSR count). The van der Waals surface area contributed by atoms with Gasteiger partial charge >= 0.3 is 0 Å². The van der Waals surface area contributed by atoms with E-state index in [2.05, 4.69) is 21.2 Å². The van der Waals surface area contributed by atoms with Crippen LogP contribution >= 0.6 is 11.6 Å². The van der Waals surface area contributed by atoms with Gasteiger partial charge in [-0.05, 0) is 12.8 Å². The first-order chi connectivity index (χ1) is 7.29. The lowest BCUT2D eigenvalue weighted by Gasteiger charge is -2.09. The molecule has 1 aromatic rings. The van der Waals surface area contributed by atoms with Gasteiger partial charge in [0, 0.05) is 18.5 Å². The lowest BCUT2D eigenvalue weighted by molar-refractivity contribution is 0.892. The van der Waals surface area contributed by atoms with Gasteiger partial charge in [-0.1, -0.05) is 18.5 Å². The molecule has 0 aromatic carbocycles. The number of nitrogens with one attached hydrogen (secondary N) is 1. The van der Waals surface area contributed by atoms with Crippen LogP contribution in [0.25, 0.3) is 0 Å². The highest BCUT2D eigenvalue weighted by Crippen LogP contribution is 2.19. The summed E-state index contributed by atoms with van der Waals surface area (Å²) in [7, 11) is 0. The highest BCUT2D eigenvalue weighted by molar-refractivity contribution is 6.30. The molecule has 0 bridgehead atoms. The van der Waals surface area contributed by atoms with Crippen LogP contribution in [0.5, 0.6) is 0 Å². The first-order valence-corrected chi connectivity index (χ1v) is 5.34. The molecule has 0 aliphatic rings. The molecule has 0 aliphatic heterocycles. The van der Waals surface area contributed by atoms with Gasteiger partial charge in [-0.25, -0.2) is 9.97 Å². The van der Waals surface area contributed by atoms with Crippen molar-refractivity contribution in [1.29, 1.82) is 0 Å². The fourth-order valence-corrected chi connectivity index (χ4v) is 1.52. The van der Waals surface area contributed by atoms with Gasteiger partial charge in [-0.2, -0.15) is 0 Å². The van der Waals surface area contributed by atoms with E-state index in [9.17, 15) is 0 Å². The minimum Gasteiger partial charge on any atom is -0.370 e. The van der Waals surface area contributed by atoms with Gasteiger partial charge in [0.2, 0.25) is 0 Å². The third kappa shape index (κ3) is 3.41. The first-order valence-electron chi connectivity index (χ1n) is 4.96. The molecule has 80 valence electrons. The van der Waals surface area contributed by atoms with Crippen LogP contribution in [0.3, 0.4) is 0 Å². The van der Waals surface area contributed by atoms with Crippen LogP contribution in [0, 0.1) is 12.3 Å². The molecular formula is C11H14ClN3. The monoisotopic (exact) mass is 223 g/mol. The molecular weight excluding hydrogens is 210 g/mol. The van der Waals surface area contributed by atoms with Gasteiger partial charge in [0.25, 0.3) is 0 Å². The average Bonchev–Trinajstić information content (AvgIpc) is 2.24. The van der Waals surface area contributed by atoms with Gasteiger partial charge in [0.1, 0.15) is 17.3 Å². The Morgan fingerprint density at radius 3 is 3.00 bits per heavy atom. The second-order valence-electron chi connectivity index (χ2n) is 3.08. The Labute approximate surface area is 95.3 Å². The molecule has 0 unspecified atom stereocenters. The Morgan fingerprint density at radius 2 is 2.33 bits per heavy atom. The van der Waals surface area contributed by atoms with E-state index >= 15 is 0 Å². The number of hydrogen-bond acceptors (Lipinski definition) is 3. The summed E-state index contributed by atoms with van der Waals surface area (Å²) >= 11 is 5.95. The topological polar surface area (TPSA) is 37.8 Å². The molecule has 0 saturated heterocycles. The Morgan fingerprint density at radius 1 is 1.53 bits per heavy atom. The molecule has 0 amide bonds. The molecule has 4 heteroatoms. The summed E-state index contributed by atoms with van der Waals surface area (Å²) in [5.41, 5.74) is 0.958. The maximum absolute atomic E-state index is 5.95. The van der Waals surface area contributed by atoms with Crippen molar-refractivity contribution in [2.24, 2.45) is 0 Å². The lowest BCUT2D eigenvalue weighted by Crippen LogP contribution is -2.06. The van der Waals surface area contributed by atoms with E-state index in [-0.39, 0.29) is 0 Å². The second-order valence-corrected chi connectivity index (χ2v) is 3.44. The number of terminal acetylenes is 1. The predicted molar refractivity (Wildman–Crippen MR) is 63.0 cm³/mol. The maximum Gasteiger partial charge on any atom is 0.137 e. The Kier molecular flexibility index (Phi) is 4.92. The molecule has 1 aromatic heterocycles. The standard InChI is InChI=1S/C11H14ClN3/c1-3-5-6-7-13-11-9(4-2)10(12)14-8-15-11/h1,8H,4-7H2,2H3,(H,13,14,15). The number of hydrogen-bond donors (Lipinski definition) is 1. The van der Waals surface area contributed by atoms with Crippen LogP contribution < -0.4 is 5.32 Å². The fourth-order valence-electron chi connectivity index (χ4n) is 1.25. The van der Waals surface area contributed by atoms with Gasteiger partial charge in [0.15, 0.2) is 0 Å². The number of unbranched alkanes of at least 4 members (excludes halogenated alkanes) is 1. The van der Waals surface area contributed by atoms with Gasteiger partial charge in [0.05, 0.1) is 0 Å². The van der Waals surface area contributed by atoms with Crippen LogP contribution in [0.15, 0.2) is 6.33 Å². The molecule has 1 heterocycles. The van der Waals surface area contributed by atoms with Crippen LogP contribution in [-0.4, -0.2) is 16.5 Å². The van der Waals surface area contributed by atoms with Crippen molar-refractivity contribution in [3.05, 3.63) is 17.0 Å². The van der Waals surface area contributed by atoms with Gasteiger partial charge < -0.3 is 5.32 Å². The first kappa shape index (κ1) is 11.8. The van der Waals surface area contributed by atoms with Crippen molar-refractivity contribution in [2.75, 3.05) is 11.9 Å². The average molecular weight is 224 g/mol. The molecule has 0 aliphatic carbocycles. The van der Waals surface area contributed by atoms with E-state index in [0.717, 1.165) is 37.2 Å². The van der Waals surface area contributed by atoms with Crippen LogP contribution in [0.2, 0.25) is 5.15 Å². The van der Waals surface area contributed by atoms with E-state index in [4.69, 9.17) is 18.0 Å².